The molecule has 1 aromatic carbocycles. The monoisotopic (exact) mass is 326 g/mol. The van der Waals surface area contributed by atoms with Gasteiger partial charge in [0.2, 0.25) is 0 Å². The number of halogens is 6. The summed E-state index contributed by atoms with van der Waals surface area (Å²) in [6, 6.07) is 0.386. The van der Waals surface area contributed by atoms with Gasteiger partial charge in [-0.3, -0.25) is 0 Å². The van der Waals surface area contributed by atoms with Gasteiger partial charge >= 0.3 is 12.4 Å². The normalized spacial score (nSPS) is 19.2. The Morgan fingerprint density at radius 2 is 1.59 bits per heavy atom. The van der Waals surface area contributed by atoms with Crippen LogP contribution >= 0.6 is 0 Å². The van der Waals surface area contributed by atoms with Crippen LogP contribution in [0, 0.1) is 5.92 Å². The van der Waals surface area contributed by atoms with Crippen molar-refractivity contribution < 1.29 is 26.3 Å². The van der Waals surface area contributed by atoms with Gasteiger partial charge in [-0.05, 0) is 55.6 Å². The third kappa shape index (κ3) is 3.73. The first-order chi connectivity index (χ1) is 10.1. The molecule has 1 saturated heterocycles. The predicted octanol–water partition coefficient (Wildman–Crippen LogP) is 3.72. The second-order valence-corrected chi connectivity index (χ2v) is 5.41. The lowest BCUT2D eigenvalue weighted by Crippen LogP contribution is -2.34. The Hall–Kier alpha value is -1.28. The third-order valence-corrected chi connectivity index (χ3v) is 3.94. The average Bonchev–Trinajstić information content (AvgIpc) is 2.45. The topological polar surface area (TPSA) is 38.0 Å². The Kier molecular flexibility index (Phi) is 4.72. The number of hydrogen-bond acceptors (Lipinski definition) is 2. The summed E-state index contributed by atoms with van der Waals surface area (Å²) in [4.78, 5) is 0. The summed E-state index contributed by atoms with van der Waals surface area (Å²) in [5, 5.41) is 3.04. The minimum Gasteiger partial charge on any atom is -0.324 e. The molecular formula is C14H16F6N2. The zero-order valence-electron chi connectivity index (χ0n) is 11.6. The molecule has 1 heterocycles. The quantitative estimate of drug-likeness (QED) is 0.813. The summed E-state index contributed by atoms with van der Waals surface area (Å²) in [5.74, 6) is -0.272. The van der Waals surface area contributed by atoms with E-state index in [-0.39, 0.29) is 5.92 Å². The Morgan fingerprint density at radius 1 is 1.00 bits per heavy atom. The summed E-state index contributed by atoms with van der Waals surface area (Å²) < 4.78 is 77.5. The average molecular weight is 326 g/mol. The molecule has 0 saturated carbocycles. The molecule has 8 heteroatoms. The van der Waals surface area contributed by atoms with Crippen molar-refractivity contribution in [2.24, 2.45) is 11.7 Å². The fourth-order valence-corrected chi connectivity index (χ4v) is 2.73. The van der Waals surface area contributed by atoms with E-state index in [0.29, 0.717) is 44.1 Å². The van der Waals surface area contributed by atoms with Gasteiger partial charge in [0, 0.05) is 6.04 Å². The molecule has 2 rings (SSSR count). The van der Waals surface area contributed by atoms with E-state index in [2.05, 4.69) is 5.32 Å². The highest BCUT2D eigenvalue weighted by Gasteiger charge is 2.39. The molecule has 0 unspecified atom stereocenters. The summed E-state index contributed by atoms with van der Waals surface area (Å²) in [5.41, 5.74) is 3.20. The molecule has 0 amide bonds. The zero-order valence-corrected chi connectivity index (χ0v) is 11.6. The number of piperidine rings is 1. The highest BCUT2D eigenvalue weighted by Crippen LogP contribution is 2.40. The Balaban J connectivity index is 2.44. The highest BCUT2D eigenvalue weighted by molar-refractivity contribution is 5.37. The van der Waals surface area contributed by atoms with Crippen LogP contribution in [-0.4, -0.2) is 13.1 Å². The summed E-state index contributed by atoms with van der Waals surface area (Å²) >= 11 is 0. The van der Waals surface area contributed by atoms with E-state index in [0.717, 1.165) is 0 Å². The maximum absolute atomic E-state index is 13.1. The van der Waals surface area contributed by atoms with Crippen LogP contribution in [0.25, 0.3) is 0 Å². The maximum Gasteiger partial charge on any atom is 0.416 e. The van der Waals surface area contributed by atoms with Crippen LogP contribution in [0.4, 0.5) is 26.3 Å². The first kappa shape index (κ1) is 17.1. The van der Waals surface area contributed by atoms with Gasteiger partial charge < -0.3 is 11.1 Å². The lowest BCUT2D eigenvalue weighted by Gasteiger charge is -2.30. The third-order valence-electron chi connectivity index (χ3n) is 3.94. The molecule has 1 aliphatic rings. The largest absolute Gasteiger partial charge is 0.416 e. The van der Waals surface area contributed by atoms with Gasteiger partial charge in [0.05, 0.1) is 11.1 Å². The van der Waals surface area contributed by atoms with Gasteiger partial charge in [-0.1, -0.05) is 0 Å². The van der Waals surface area contributed by atoms with Crippen molar-refractivity contribution >= 4 is 0 Å². The molecular weight excluding hydrogens is 310 g/mol. The van der Waals surface area contributed by atoms with E-state index in [1.54, 1.807) is 0 Å². The first-order valence-electron chi connectivity index (χ1n) is 6.85. The van der Waals surface area contributed by atoms with Gasteiger partial charge in [-0.15, -0.1) is 0 Å². The fourth-order valence-electron chi connectivity index (χ4n) is 2.73. The molecule has 3 N–H and O–H groups in total. The van der Waals surface area contributed by atoms with E-state index in [4.69, 9.17) is 5.73 Å². The van der Waals surface area contributed by atoms with Crippen molar-refractivity contribution in [1.29, 1.82) is 0 Å². The van der Waals surface area contributed by atoms with Crippen LogP contribution in [0.3, 0.4) is 0 Å². The SMILES string of the molecule is N[C@@H](c1cc(C(F)(F)F)ccc1C(F)(F)F)C1CCNCC1. The van der Waals surface area contributed by atoms with Crippen LogP contribution in [0.5, 0.6) is 0 Å². The Morgan fingerprint density at radius 3 is 2.09 bits per heavy atom. The molecule has 1 fully saturated rings. The number of rotatable bonds is 2. The van der Waals surface area contributed by atoms with Crippen molar-refractivity contribution in [3.05, 3.63) is 34.9 Å². The van der Waals surface area contributed by atoms with E-state index < -0.39 is 35.1 Å². The molecule has 0 radical (unpaired) electrons. The van der Waals surface area contributed by atoms with Crippen molar-refractivity contribution in [2.75, 3.05) is 13.1 Å². The second kappa shape index (κ2) is 6.08. The van der Waals surface area contributed by atoms with Crippen molar-refractivity contribution in [2.45, 2.75) is 31.2 Å². The summed E-state index contributed by atoms with van der Waals surface area (Å²) in [7, 11) is 0. The van der Waals surface area contributed by atoms with Gasteiger partial charge in [0.15, 0.2) is 0 Å². The Labute approximate surface area is 123 Å². The van der Waals surface area contributed by atoms with Gasteiger partial charge in [0.25, 0.3) is 0 Å². The van der Waals surface area contributed by atoms with E-state index in [1.165, 1.54) is 0 Å². The van der Waals surface area contributed by atoms with E-state index >= 15 is 0 Å². The van der Waals surface area contributed by atoms with Gasteiger partial charge in [-0.2, -0.15) is 26.3 Å². The number of nitrogens with two attached hydrogens (primary N) is 1. The number of alkyl halides is 6. The molecule has 124 valence electrons. The predicted molar refractivity (Wildman–Crippen MR) is 69.0 cm³/mol. The van der Waals surface area contributed by atoms with Crippen LogP contribution in [-0.2, 0) is 12.4 Å². The van der Waals surface area contributed by atoms with Crippen molar-refractivity contribution in [3.63, 3.8) is 0 Å². The minimum atomic E-state index is -4.73. The van der Waals surface area contributed by atoms with Crippen molar-refractivity contribution in [3.8, 4) is 0 Å². The standard InChI is InChI=1S/C14H16F6N2/c15-13(16,17)9-1-2-11(14(18,19)20)10(7-9)12(21)8-3-5-22-6-4-8/h1-2,7-8,12,22H,3-6,21H2/t12-/m1/s1. The Bertz CT molecular complexity index is 517. The minimum absolute atomic E-state index is 0.272. The lowest BCUT2D eigenvalue weighted by molar-refractivity contribution is -0.142. The zero-order chi connectivity index (χ0) is 16.5. The van der Waals surface area contributed by atoms with Crippen LogP contribution in [0.2, 0.25) is 0 Å². The molecule has 0 bridgehead atoms. The fraction of sp³-hybridized carbons (Fsp3) is 0.571. The van der Waals surface area contributed by atoms with Crippen LogP contribution < -0.4 is 11.1 Å². The molecule has 1 aliphatic heterocycles. The van der Waals surface area contributed by atoms with E-state index in [9.17, 15) is 26.3 Å². The molecule has 22 heavy (non-hydrogen) atoms. The summed E-state index contributed by atoms with van der Waals surface area (Å²) in [6.45, 7) is 1.19. The van der Waals surface area contributed by atoms with E-state index in [1.807, 2.05) is 0 Å². The summed E-state index contributed by atoms with van der Waals surface area (Å²) in [6.07, 6.45) is -8.36. The van der Waals surface area contributed by atoms with Gasteiger partial charge in [-0.25, -0.2) is 0 Å². The van der Waals surface area contributed by atoms with Crippen LogP contribution in [0.15, 0.2) is 18.2 Å². The molecule has 0 aliphatic carbocycles. The number of benzene rings is 1. The lowest BCUT2D eigenvalue weighted by atomic mass is 9.84. The van der Waals surface area contributed by atoms with Gasteiger partial charge in [0.1, 0.15) is 0 Å². The van der Waals surface area contributed by atoms with Crippen LogP contribution in [0.1, 0.15) is 35.6 Å². The maximum atomic E-state index is 13.1. The molecule has 0 aromatic heterocycles. The number of hydrogen-bond donors (Lipinski definition) is 2. The highest BCUT2D eigenvalue weighted by atomic mass is 19.4. The molecule has 1 atom stereocenters. The molecule has 0 spiro atoms. The van der Waals surface area contributed by atoms with Crippen molar-refractivity contribution in [1.82, 2.24) is 5.32 Å². The second-order valence-electron chi connectivity index (χ2n) is 5.41. The number of nitrogens with one attached hydrogen (secondary N) is 1. The molecule has 1 aromatic rings. The first-order valence-corrected chi connectivity index (χ1v) is 6.85. The smallest absolute Gasteiger partial charge is 0.324 e. The molecule has 2 nitrogen and oxygen atoms in total.